The summed E-state index contributed by atoms with van der Waals surface area (Å²) in [7, 11) is 2.13. The molecule has 1 saturated heterocycles. The van der Waals surface area contributed by atoms with Crippen LogP contribution in [0.1, 0.15) is 18.9 Å². The van der Waals surface area contributed by atoms with Gasteiger partial charge in [0.05, 0.1) is 6.33 Å². The van der Waals surface area contributed by atoms with Gasteiger partial charge < -0.3 is 19.7 Å². The van der Waals surface area contributed by atoms with Gasteiger partial charge in [-0.15, -0.1) is 0 Å². The van der Waals surface area contributed by atoms with E-state index in [2.05, 4.69) is 35.2 Å². The van der Waals surface area contributed by atoms with E-state index >= 15 is 0 Å². The molecule has 0 radical (unpaired) electrons. The lowest BCUT2D eigenvalue weighted by Crippen LogP contribution is -2.38. The summed E-state index contributed by atoms with van der Waals surface area (Å²) in [6.45, 7) is 6.52. The summed E-state index contributed by atoms with van der Waals surface area (Å²) < 4.78 is 1.96. The number of carbonyl (C=O) groups excluding carboxylic acids is 1. The first-order valence-corrected chi connectivity index (χ1v) is 8.94. The van der Waals surface area contributed by atoms with Crippen molar-refractivity contribution in [2.45, 2.75) is 19.9 Å². The number of rotatable bonds is 6. The van der Waals surface area contributed by atoms with E-state index in [1.54, 1.807) is 12.5 Å². The number of nitrogens with one attached hydrogen (secondary N) is 1. The van der Waals surface area contributed by atoms with Crippen molar-refractivity contribution in [2.24, 2.45) is 5.92 Å². The fourth-order valence-electron chi connectivity index (χ4n) is 3.26. The Labute approximate surface area is 149 Å². The number of imidazole rings is 1. The molecule has 0 spiro atoms. The molecule has 0 aliphatic carbocycles. The number of amides is 2. The Morgan fingerprint density at radius 1 is 1.44 bits per heavy atom. The SMILES string of the molecule is CCN(C)C[C@@H]1CCN(C(=O)NCc2cccc(-n3ccnc3)c2)C1. The average molecular weight is 341 g/mol. The van der Waals surface area contributed by atoms with Crippen LogP contribution in [0.15, 0.2) is 43.0 Å². The van der Waals surface area contributed by atoms with Crippen LogP contribution in [0.5, 0.6) is 0 Å². The monoisotopic (exact) mass is 341 g/mol. The van der Waals surface area contributed by atoms with E-state index in [1.807, 2.05) is 33.9 Å². The molecular formula is C19H27N5O. The summed E-state index contributed by atoms with van der Waals surface area (Å²) in [5.41, 5.74) is 2.13. The minimum absolute atomic E-state index is 0.0367. The summed E-state index contributed by atoms with van der Waals surface area (Å²) in [5.74, 6) is 0.584. The van der Waals surface area contributed by atoms with Gasteiger partial charge in [-0.3, -0.25) is 0 Å². The quantitative estimate of drug-likeness (QED) is 0.877. The van der Waals surface area contributed by atoms with Gasteiger partial charge in [-0.05, 0) is 43.6 Å². The summed E-state index contributed by atoms with van der Waals surface area (Å²) in [6.07, 6.45) is 6.53. The number of urea groups is 1. The topological polar surface area (TPSA) is 53.4 Å². The number of hydrogen-bond acceptors (Lipinski definition) is 3. The van der Waals surface area contributed by atoms with Crippen molar-refractivity contribution in [1.82, 2.24) is 24.7 Å². The second-order valence-corrected chi connectivity index (χ2v) is 6.75. The third-order valence-corrected chi connectivity index (χ3v) is 4.84. The highest BCUT2D eigenvalue weighted by Crippen LogP contribution is 2.17. The van der Waals surface area contributed by atoms with E-state index in [0.717, 1.165) is 43.9 Å². The van der Waals surface area contributed by atoms with Crippen LogP contribution in [0.4, 0.5) is 4.79 Å². The van der Waals surface area contributed by atoms with Crippen molar-refractivity contribution >= 4 is 6.03 Å². The van der Waals surface area contributed by atoms with E-state index in [4.69, 9.17) is 0 Å². The summed E-state index contributed by atoms with van der Waals surface area (Å²) in [6, 6.07) is 8.18. The second kappa shape index (κ2) is 8.16. The zero-order chi connectivity index (χ0) is 17.6. The Hall–Kier alpha value is -2.34. The number of carbonyl (C=O) groups is 1. The largest absolute Gasteiger partial charge is 0.334 e. The Morgan fingerprint density at radius 3 is 3.08 bits per heavy atom. The molecule has 2 heterocycles. The maximum atomic E-state index is 12.4. The third-order valence-electron chi connectivity index (χ3n) is 4.84. The van der Waals surface area contributed by atoms with Gasteiger partial charge >= 0.3 is 6.03 Å². The molecule has 2 aromatic rings. The van der Waals surface area contributed by atoms with Gasteiger partial charge in [-0.1, -0.05) is 19.1 Å². The van der Waals surface area contributed by atoms with Crippen molar-refractivity contribution < 1.29 is 4.79 Å². The normalized spacial score (nSPS) is 17.2. The highest BCUT2D eigenvalue weighted by atomic mass is 16.2. The number of likely N-dealkylation sites (tertiary alicyclic amines) is 1. The molecule has 1 aromatic heterocycles. The first-order chi connectivity index (χ1) is 12.2. The van der Waals surface area contributed by atoms with Crippen LogP contribution in [-0.2, 0) is 6.54 Å². The minimum Gasteiger partial charge on any atom is -0.334 e. The maximum Gasteiger partial charge on any atom is 0.317 e. The van der Waals surface area contributed by atoms with Crippen molar-refractivity contribution in [3.05, 3.63) is 48.5 Å². The van der Waals surface area contributed by atoms with Crippen LogP contribution in [0.2, 0.25) is 0 Å². The smallest absolute Gasteiger partial charge is 0.317 e. The van der Waals surface area contributed by atoms with E-state index in [1.165, 1.54) is 0 Å². The molecule has 6 nitrogen and oxygen atoms in total. The Morgan fingerprint density at radius 2 is 2.32 bits per heavy atom. The van der Waals surface area contributed by atoms with Crippen LogP contribution >= 0.6 is 0 Å². The predicted octanol–water partition coefficient (Wildman–Crippen LogP) is 2.36. The van der Waals surface area contributed by atoms with E-state index < -0.39 is 0 Å². The lowest BCUT2D eigenvalue weighted by atomic mass is 10.1. The zero-order valence-electron chi connectivity index (χ0n) is 15.1. The molecular weight excluding hydrogens is 314 g/mol. The molecule has 0 saturated carbocycles. The van der Waals surface area contributed by atoms with Crippen LogP contribution in [0, 0.1) is 5.92 Å². The Balaban J connectivity index is 1.50. The molecule has 1 atom stereocenters. The minimum atomic E-state index is 0.0367. The summed E-state index contributed by atoms with van der Waals surface area (Å²) in [5, 5.41) is 3.05. The molecule has 1 N–H and O–H groups in total. The van der Waals surface area contributed by atoms with Crippen LogP contribution in [-0.4, -0.2) is 58.6 Å². The number of aromatic nitrogens is 2. The third kappa shape index (κ3) is 4.60. The van der Waals surface area contributed by atoms with Gasteiger partial charge in [0.15, 0.2) is 0 Å². The van der Waals surface area contributed by atoms with Gasteiger partial charge in [0.2, 0.25) is 0 Å². The number of benzene rings is 1. The molecule has 2 amide bonds. The molecule has 0 unspecified atom stereocenters. The molecule has 0 bridgehead atoms. The van der Waals surface area contributed by atoms with E-state index in [-0.39, 0.29) is 6.03 Å². The molecule has 1 aliphatic heterocycles. The average Bonchev–Trinajstić information content (AvgIpc) is 3.32. The van der Waals surface area contributed by atoms with Crippen LogP contribution in [0.3, 0.4) is 0 Å². The predicted molar refractivity (Wildman–Crippen MR) is 98.7 cm³/mol. The zero-order valence-corrected chi connectivity index (χ0v) is 15.1. The van der Waals surface area contributed by atoms with Crippen LogP contribution < -0.4 is 5.32 Å². The molecule has 1 aliphatic rings. The Kier molecular flexibility index (Phi) is 5.71. The molecule has 134 valence electrons. The van der Waals surface area contributed by atoms with Crippen molar-refractivity contribution in [3.63, 3.8) is 0 Å². The fraction of sp³-hybridized carbons (Fsp3) is 0.474. The van der Waals surface area contributed by atoms with E-state index in [9.17, 15) is 4.79 Å². The van der Waals surface area contributed by atoms with Gasteiger partial charge in [0.25, 0.3) is 0 Å². The second-order valence-electron chi connectivity index (χ2n) is 6.75. The van der Waals surface area contributed by atoms with Crippen molar-refractivity contribution in [1.29, 1.82) is 0 Å². The fourth-order valence-corrected chi connectivity index (χ4v) is 3.26. The summed E-state index contributed by atoms with van der Waals surface area (Å²) in [4.78, 5) is 20.7. The highest BCUT2D eigenvalue weighted by molar-refractivity contribution is 5.74. The van der Waals surface area contributed by atoms with Gasteiger partial charge in [-0.25, -0.2) is 9.78 Å². The van der Waals surface area contributed by atoms with Gasteiger partial charge in [-0.2, -0.15) is 0 Å². The Bertz CT molecular complexity index is 685. The first kappa shape index (κ1) is 17.5. The van der Waals surface area contributed by atoms with Gasteiger partial charge in [0.1, 0.15) is 0 Å². The molecule has 1 fully saturated rings. The van der Waals surface area contributed by atoms with Gasteiger partial charge in [0, 0.05) is 44.3 Å². The molecule has 1 aromatic carbocycles. The summed E-state index contributed by atoms with van der Waals surface area (Å²) >= 11 is 0. The van der Waals surface area contributed by atoms with Crippen LogP contribution in [0.25, 0.3) is 5.69 Å². The van der Waals surface area contributed by atoms with Crippen molar-refractivity contribution in [2.75, 3.05) is 33.2 Å². The highest BCUT2D eigenvalue weighted by Gasteiger charge is 2.26. The first-order valence-electron chi connectivity index (χ1n) is 8.94. The molecule has 25 heavy (non-hydrogen) atoms. The number of hydrogen-bond donors (Lipinski definition) is 1. The maximum absolute atomic E-state index is 12.4. The lowest BCUT2D eigenvalue weighted by Gasteiger charge is -2.20. The van der Waals surface area contributed by atoms with Crippen molar-refractivity contribution in [3.8, 4) is 5.69 Å². The standard InChI is InChI=1S/C19H27N5O/c1-3-22(2)13-17-7-9-23(14-17)19(25)21-12-16-5-4-6-18(11-16)24-10-8-20-15-24/h4-6,8,10-11,15,17H,3,7,9,12-14H2,1-2H3,(H,21,25)/t17-/m0/s1. The number of nitrogens with zero attached hydrogens (tertiary/aromatic N) is 4. The van der Waals surface area contributed by atoms with E-state index in [0.29, 0.717) is 12.5 Å². The molecule has 3 rings (SSSR count). The lowest BCUT2D eigenvalue weighted by molar-refractivity contribution is 0.204. The molecule has 6 heteroatoms.